The van der Waals surface area contributed by atoms with E-state index in [1.807, 2.05) is 0 Å². The third kappa shape index (κ3) is 3.32. The number of ether oxygens (including phenoxy) is 1. The number of carbonyl (C=O) groups is 2. The van der Waals surface area contributed by atoms with Gasteiger partial charge in [0.15, 0.2) is 0 Å². The van der Waals surface area contributed by atoms with Gasteiger partial charge in [0.05, 0.1) is 18.4 Å². The molecule has 0 radical (unpaired) electrons. The van der Waals surface area contributed by atoms with Crippen molar-refractivity contribution in [3.05, 3.63) is 12.7 Å². The molecule has 1 saturated carbocycles. The van der Waals surface area contributed by atoms with E-state index in [4.69, 9.17) is 4.74 Å². The fraction of sp³-hybridized carbons (Fsp3) is 0.692. The molecule has 96 valence electrons. The third-order valence-corrected chi connectivity index (χ3v) is 3.39. The Kier molecular flexibility index (Phi) is 5.19. The number of allylic oxidation sites excluding steroid dienone is 1. The topological polar surface area (TPSA) is 63.6 Å². The normalized spacial score (nSPS) is 29.1. The summed E-state index contributed by atoms with van der Waals surface area (Å²) < 4.78 is 5.02. The Bertz CT molecular complexity index is 298. The van der Waals surface area contributed by atoms with Crippen molar-refractivity contribution in [2.75, 3.05) is 6.61 Å². The first-order chi connectivity index (χ1) is 8.11. The zero-order chi connectivity index (χ0) is 12.8. The molecule has 0 spiro atoms. The number of carboxylic acid groups (broad SMARTS) is 1. The number of carboxylic acids is 1. The Labute approximate surface area is 102 Å². The van der Waals surface area contributed by atoms with Crippen LogP contribution >= 0.6 is 0 Å². The molecule has 1 N–H and O–H groups in total. The fourth-order valence-corrected chi connectivity index (χ4v) is 2.53. The molecule has 4 nitrogen and oxygen atoms in total. The second-order valence-corrected chi connectivity index (χ2v) is 4.40. The first-order valence-electron chi connectivity index (χ1n) is 6.13. The maximum Gasteiger partial charge on any atom is 0.309 e. The van der Waals surface area contributed by atoms with Crippen molar-refractivity contribution in [2.24, 2.45) is 17.8 Å². The Morgan fingerprint density at radius 1 is 1.35 bits per heavy atom. The Morgan fingerprint density at radius 2 is 1.94 bits per heavy atom. The lowest BCUT2D eigenvalue weighted by Gasteiger charge is -2.24. The van der Waals surface area contributed by atoms with E-state index in [0.29, 0.717) is 19.4 Å². The molecule has 0 unspecified atom stereocenters. The first-order valence-corrected chi connectivity index (χ1v) is 6.13. The third-order valence-electron chi connectivity index (χ3n) is 3.39. The Hall–Kier alpha value is -1.32. The molecule has 3 atom stereocenters. The van der Waals surface area contributed by atoms with E-state index in [1.54, 1.807) is 13.0 Å². The summed E-state index contributed by atoms with van der Waals surface area (Å²) in [7, 11) is 0. The Morgan fingerprint density at radius 3 is 2.41 bits per heavy atom. The van der Waals surface area contributed by atoms with Crippen LogP contribution in [0.1, 0.15) is 32.6 Å². The molecule has 0 aliphatic heterocycles. The summed E-state index contributed by atoms with van der Waals surface area (Å²) in [4.78, 5) is 23.0. The van der Waals surface area contributed by atoms with Crippen LogP contribution in [-0.4, -0.2) is 23.7 Å². The summed E-state index contributed by atoms with van der Waals surface area (Å²) in [5, 5.41) is 9.19. The van der Waals surface area contributed by atoms with Crippen LogP contribution in [0.4, 0.5) is 0 Å². The number of esters is 1. The average Bonchev–Trinajstić information content (AvgIpc) is 2.50. The molecule has 1 rings (SSSR count). The van der Waals surface area contributed by atoms with Gasteiger partial charge in [-0.05, 0) is 19.8 Å². The summed E-state index contributed by atoms with van der Waals surface area (Å²) >= 11 is 0. The molecule has 0 heterocycles. The van der Waals surface area contributed by atoms with E-state index in [2.05, 4.69) is 6.58 Å². The highest BCUT2D eigenvalue weighted by Gasteiger charge is 2.38. The molecule has 0 amide bonds. The van der Waals surface area contributed by atoms with Gasteiger partial charge in [-0.2, -0.15) is 0 Å². The SMILES string of the molecule is C=C[C@@H]1[C@H](C(=O)O)CCCC[C@H]1C(=O)OCC. The summed E-state index contributed by atoms with van der Waals surface area (Å²) in [6.45, 7) is 5.77. The van der Waals surface area contributed by atoms with Crippen LogP contribution in [0, 0.1) is 17.8 Å². The summed E-state index contributed by atoms with van der Waals surface area (Å²) in [6, 6.07) is 0. The van der Waals surface area contributed by atoms with E-state index in [-0.39, 0.29) is 17.8 Å². The minimum atomic E-state index is -0.842. The van der Waals surface area contributed by atoms with Gasteiger partial charge in [0.25, 0.3) is 0 Å². The van der Waals surface area contributed by atoms with Crippen molar-refractivity contribution in [2.45, 2.75) is 32.6 Å². The molecular formula is C13H20O4. The number of aliphatic carboxylic acids is 1. The molecular weight excluding hydrogens is 220 g/mol. The van der Waals surface area contributed by atoms with Gasteiger partial charge in [0.2, 0.25) is 0 Å². The van der Waals surface area contributed by atoms with Crippen LogP contribution in [-0.2, 0) is 14.3 Å². The smallest absolute Gasteiger partial charge is 0.309 e. The molecule has 1 fully saturated rings. The second kappa shape index (κ2) is 6.42. The maximum atomic E-state index is 11.8. The van der Waals surface area contributed by atoms with E-state index >= 15 is 0 Å². The van der Waals surface area contributed by atoms with Gasteiger partial charge >= 0.3 is 11.9 Å². The van der Waals surface area contributed by atoms with Gasteiger partial charge in [-0.15, -0.1) is 6.58 Å². The van der Waals surface area contributed by atoms with Crippen LogP contribution in [0.5, 0.6) is 0 Å². The number of carbonyl (C=O) groups excluding carboxylic acids is 1. The van der Waals surface area contributed by atoms with Gasteiger partial charge in [-0.3, -0.25) is 9.59 Å². The first kappa shape index (κ1) is 13.7. The Balaban J connectivity index is 2.88. The lowest BCUT2D eigenvalue weighted by molar-refractivity contribution is -0.152. The standard InChI is InChI=1S/C13H20O4/c1-3-9-10(12(14)15)7-5-6-8-11(9)13(16)17-4-2/h3,9-11H,1,4-8H2,2H3,(H,14,15)/t9-,10-,11-/m1/s1. The molecule has 1 aliphatic rings. The zero-order valence-electron chi connectivity index (χ0n) is 10.2. The van der Waals surface area contributed by atoms with Gasteiger partial charge < -0.3 is 9.84 Å². The van der Waals surface area contributed by atoms with Crippen molar-refractivity contribution in [1.82, 2.24) is 0 Å². The zero-order valence-corrected chi connectivity index (χ0v) is 10.2. The molecule has 17 heavy (non-hydrogen) atoms. The molecule has 0 aromatic heterocycles. The molecule has 0 bridgehead atoms. The van der Waals surface area contributed by atoms with Crippen molar-refractivity contribution < 1.29 is 19.4 Å². The van der Waals surface area contributed by atoms with E-state index < -0.39 is 11.9 Å². The quantitative estimate of drug-likeness (QED) is 0.465. The van der Waals surface area contributed by atoms with Gasteiger partial charge in [-0.25, -0.2) is 0 Å². The molecule has 1 aliphatic carbocycles. The van der Waals surface area contributed by atoms with Crippen LogP contribution in [0.25, 0.3) is 0 Å². The summed E-state index contributed by atoms with van der Waals surface area (Å²) in [5.74, 6) is -2.30. The van der Waals surface area contributed by atoms with Crippen molar-refractivity contribution in [3.63, 3.8) is 0 Å². The highest BCUT2D eigenvalue weighted by molar-refractivity contribution is 5.76. The molecule has 0 aromatic carbocycles. The van der Waals surface area contributed by atoms with Gasteiger partial charge in [-0.1, -0.05) is 18.9 Å². The predicted molar refractivity (Wildman–Crippen MR) is 63.4 cm³/mol. The number of hydrogen-bond donors (Lipinski definition) is 1. The van der Waals surface area contributed by atoms with E-state index in [1.165, 1.54) is 0 Å². The lowest BCUT2D eigenvalue weighted by atomic mass is 9.80. The van der Waals surface area contributed by atoms with Crippen LogP contribution in [0.2, 0.25) is 0 Å². The molecule has 0 aromatic rings. The summed E-state index contributed by atoms with van der Waals surface area (Å²) in [6.07, 6.45) is 4.63. The largest absolute Gasteiger partial charge is 0.481 e. The maximum absolute atomic E-state index is 11.8. The van der Waals surface area contributed by atoms with Crippen LogP contribution in [0.3, 0.4) is 0 Å². The number of rotatable bonds is 4. The molecule has 0 saturated heterocycles. The lowest BCUT2D eigenvalue weighted by Crippen LogP contribution is -2.32. The van der Waals surface area contributed by atoms with Crippen LogP contribution < -0.4 is 0 Å². The van der Waals surface area contributed by atoms with Crippen molar-refractivity contribution >= 4 is 11.9 Å². The van der Waals surface area contributed by atoms with Gasteiger partial charge in [0, 0.05) is 5.92 Å². The minimum Gasteiger partial charge on any atom is -0.481 e. The highest BCUT2D eigenvalue weighted by Crippen LogP contribution is 2.35. The van der Waals surface area contributed by atoms with E-state index in [0.717, 1.165) is 12.8 Å². The highest BCUT2D eigenvalue weighted by atomic mass is 16.5. The molecule has 4 heteroatoms. The van der Waals surface area contributed by atoms with Crippen LogP contribution in [0.15, 0.2) is 12.7 Å². The number of hydrogen-bond acceptors (Lipinski definition) is 3. The fourth-order valence-electron chi connectivity index (χ4n) is 2.53. The van der Waals surface area contributed by atoms with Crippen molar-refractivity contribution in [3.8, 4) is 0 Å². The summed E-state index contributed by atoms with van der Waals surface area (Å²) in [5.41, 5.74) is 0. The minimum absolute atomic E-state index is 0.287. The second-order valence-electron chi connectivity index (χ2n) is 4.40. The predicted octanol–water partition coefficient (Wildman–Crippen LogP) is 2.24. The van der Waals surface area contributed by atoms with E-state index in [9.17, 15) is 14.7 Å². The average molecular weight is 240 g/mol. The van der Waals surface area contributed by atoms with Crippen molar-refractivity contribution in [1.29, 1.82) is 0 Å². The van der Waals surface area contributed by atoms with Gasteiger partial charge in [0.1, 0.15) is 0 Å². The monoisotopic (exact) mass is 240 g/mol.